The quantitative estimate of drug-likeness (QED) is 0.435. The highest BCUT2D eigenvalue weighted by Gasteiger charge is 2.17. The first-order chi connectivity index (χ1) is 10.8. The zero-order valence-corrected chi connectivity index (χ0v) is 12.4. The number of fused-ring (bicyclic) bond motifs is 1. The van der Waals surface area contributed by atoms with E-state index in [9.17, 15) is 0 Å². The van der Waals surface area contributed by atoms with Crippen molar-refractivity contribution in [2.45, 2.75) is 6.92 Å². The maximum Gasteiger partial charge on any atom is 0.143 e. The zero-order valence-electron chi connectivity index (χ0n) is 12.4. The third-order valence-corrected chi connectivity index (χ3v) is 3.94. The van der Waals surface area contributed by atoms with E-state index in [4.69, 9.17) is 4.42 Å². The van der Waals surface area contributed by atoms with Crippen LogP contribution in [0.3, 0.4) is 0 Å². The second-order valence-electron chi connectivity index (χ2n) is 5.54. The molecule has 0 aliphatic carbocycles. The van der Waals surface area contributed by atoms with Crippen molar-refractivity contribution in [1.29, 1.82) is 0 Å². The van der Waals surface area contributed by atoms with Crippen molar-refractivity contribution in [1.82, 2.24) is 0 Å². The topological polar surface area (TPSA) is 13.1 Å². The van der Waals surface area contributed by atoms with E-state index in [2.05, 4.69) is 61.5 Å². The van der Waals surface area contributed by atoms with E-state index in [1.54, 1.807) is 0 Å². The molecule has 0 aliphatic heterocycles. The van der Waals surface area contributed by atoms with E-state index in [0.29, 0.717) is 0 Å². The minimum atomic E-state index is 0.934. The van der Waals surface area contributed by atoms with Gasteiger partial charge >= 0.3 is 0 Å². The molecule has 1 heterocycles. The van der Waals surface area contributed by atoms with Crippen LogP contribution in [-0.4, -0.2) is 0 Å². The van der Waals surface area contributed by atoms with Gasteiger partial charge in [0.1, 0.15) is 11.3 Å². The van der Waals surface area contributed by atoms with E-state index < -0.39 is 0 Å². The summed E-state index contributed by atoms with van der Waals surface area (Å²) in [7, 11) is 0. The Labute approximate surface area is 129 Å². The molecule has 1 aromatic heterocycles. The lowest BCUT2D eigenvalue weighted by Gasteiger charge is -2.04. The fourth-order valence-electron chi connectivity index (χ4n) is 2.90. The molecule has 0 N–H and O–H groups in total. The monoisotopic (exact) mass is 284 g/mol. The predicted molar refractivity (Wildman–Crippen MR) is 91.8 cm³/mol. The highest BCUT2D eigenvalue weighted by molar-refractivity contribution is 6.01. The lowest BCUT2D eigenvalue weighted by Crippen LogP contribution is -1.81. The molecule has 0 atom stereocenters. The van der Waals surface area contributed by atoms with Gasteiger partial charge in [0.15, 0.2) is 0 Å². The Morgan fingerprint density at radius 2 is 1.32 bits per heavy atom. The van der Waals surface area contributed by atoms with Crippen LogP contribution in [0, 0.1) is 6.92 Å². The van der Waals surface area contributed by atoms with Gasteiger partial charge in [-0.2, -0.15) is 0 Å². The minimum absolute atomic E-state index is 0.934. The summed E-state index contributed by atoms with van der Waals surface area (Å²) in [4.78, 5) is 0. The molecular weight excluding hydrogens is 268 g/mol. The van der Waals surface area contributed by atoms with Crippen molar-refractivity contribution < 1.29 is 4.42 Å². The number of hydrogen-bond donors (Lipinski definition) is 0. The summed E-state index contributed by atoms with van der Waals surface area (Å²) in [5.41, 5.74) is 5.64. The van der Waals surface area contributed by atoms with E-state index in [-0.39, 0.29) is 0 Å². The Bertz CT molecular complexity index is 918. The molecule has 4 aromatic rings. The van der Waals surface area contributed by atoms with Crippen LogP contribution in [0.4, 0.5) is 0 Å². The van der Waals surface area contributed by atoms with Crippen molar-refractivity contribution in [2.24, 2.45) is 0 Å². The molecule has 4 rings (SSSR count). The predicted octanol–water partition coefficient (Wildman–Crippen LogP) is 6.08. The number of rotatable bonds is 2. The highest BCUT2D eigenvalue weighted by atomic mass is 16.3. The lowest BCUT2D eigenvalue weighted by molar-refractivity contribution is 0.632. The van der Waals surface area contributed by atoms with Gasteiger partial charge in [-0.1, -0.05) is 72.3 Å². The van der Waals surface area contributed by atoms with Gasteiger partial charge < -0.3 is 4.42 Å². The van der Waals surface area contributed by atoms with Crippen LogP contribution >= 0.6 is 0 Å². The Morgan fingerprint density at radius 1 is 0.682 bits per heavy atom. The summed E-state index contributed by atoms with van der Waals surface area (Å²) in [5.74, 6) is 0.937. The summed E-state index contributed by atoms with van der Waals surface area (Å²) in [5, 5.41) is 1.17. The van der Waals surface area contributed by atoms with Crippen LogP contribution in [0.15, 0.2) is 83.3 Å². The standard InChI is InChI=1S/C21H16O/c1-15-12-13-19-18(14-15)20(16-8-4-2-5-9-16)21(22-19)17-10-6-3-7-11-17/h2-14H,1H3. The smallest absolute Gasteiger partial charge is 0.143 e. The third kappa shape index (κ3) is 2.11. The van der Waals surface area contributed by atoms with Crippen LogP contribution in [0.25, 0.3) is 33.4 Å². The van der Waals surface area contributed by atoms with Crippen molar-refractivity contribution >= 4 is 11.0 Å². The minimum Gasteiger partial charge on any atom is -0.455 e. The van der Waals surface area contributed by atoms with Crippen LogP contribution in [0.2, 0.25) is 0 Å². The normalized spacial score (nSPS) is 11.0. The van der Waals surface area contributed by atoms with E-state index >= 15 is 0 Å². The van der Waals surface area contributed by atoms with Gasteiger partial charge in [0.25, 0.3) is 0 Å². The lowest BCUT2D eigenvalue weighted by atomic mass is 9.98. The second kappa shape index (κ2) is 5.19. The third-order valence-electron chi connectivity index (χ3n) is 3.94. The summed E-state index contributed by atoms with van der Waals surface area (Å²) in [6, 6.07) is 27.1. The molecule has 0 amide bonds. The molecule has 0 aliphatic rings. The maximum atomic E-state index is 6.19. The van der Waals surface area contributed by atoms with Gasteiger partial charge in [0.2, 0.25) is 0 Å². The van der Waals surface area contributed by atoms with Gasteiger partial charge in [-0.15, -0.1) is 0 Å². The first-order valence-corrected chi connectivity index (χ1v) is 7.47. The Balaban J connectivity index is 2.08. The van der Waals surface area contributed by atoms with Gasteiger partial charge in [0, 0.05) is 16.5 Å². The molecule has 106 valence electrons. The Hall–Kier alpha value is -2.80. The average molecular weight is 284 g/mol. The van der Waals surface area contributed by atoms with Gasteiger partial charge in [-0.05, 0) is 24.6 Å². The van der Waals surface area contributed by atoms with Crippen LogP contribution in [0.5, 0.6) is 0 Å². The van der Waals surface area contributed by atoms with Crippen LogP contribution in [0.1, 0.15) is 5.56 Å². The molecule has 0 radical (unpaired) electrons. The number of benzene rings is 3. The van der Waals surface area contributed by atoms with Crippen molar-refractivity contribution in [3.63, 3.8) is 0 Å². The van der Waals surface area contributed by atoms with E-state index in [1.165, 1.54) is 22.1 Å². The van der Waals surface area contributed by atoms with Gasteiger partial charge in [-0.3, -0.25) is 0 Å². The highest BCUT2D eigenvalue weighted by Crippen LogP contribution is 2.40. The molecule has 3 aromatic carbocycles. The van der Waals surface area contributed by atoms with Crippen LogP contribution < -0.4 is 0 Å². The second-order valence-corrected chi connectivity index (χ2v) is 5.54. The van der Waals surface area contributed by atoms with E-state index in [1.807, 2.05) is 24.3 Å². The Morgan fingerprint density at radius 3 is 2.00 bits per heavy atom. The van der Waals surface area contributed by atoms with Crippen molar-refractivity contribution in [2.75, 3.05) is 0 Å². The van der Waals surface area contributed by atoms with Crippen LogP contribution in [-0.2, 0) is 0 Å². The number of aryl methyl sites for hydroxylation is 1. The molecule has 22 heavy (non-hydrogen) atoms. The Kier molecular flexibility index (Phi) is 3.05. The largest absolute Gasteiger partial charge is 0.455 e. The summed E-state index contributed by atoms with van der Waals surface area (Å²) < 4.78 is 6.19. The first-order valence-electron chi connectivity index (χ1n) is 7.47. The molecule has 0 saturated carbocycles. The molecule has 0 fully saturated rings. The van der Waals surface area contributed by atoms with Gasteiger partial charge in [-0.25, -0.2) is 0 Å². The van der Waals surface area contributed by atoms with Gasteiger partial charge in [0.05, 0.1) is 0 Å². The fourth-order valence-corrected chi connectivity index (χ4v) is 2.90. The molecular formula is C21H16O. The fraction of sp³-hybridized carbons (Fsp3) is 0.0476. The molecule has 0 saturated heterocycles. The first kappa shape index (κ1) is 12.9. The number of furan rings is 1. The van der Waals surface area contributed by atoms with Crippen molar-refractivity contribution in [3.8, 4) is 22.5 Å². The molecule has 1 nitrogen and oxygen atoms in total. The summed E-state index contributed by atoms with van der Waals surface area (Å²) >= 11 is 0. The summed E-state index contributed by atoms with van der Waals surface area (Å²) in [6.07, 6.45) is 0. The zero-order chi connectivity index (χ0) is 14.9. The molecule has 0 bridgehead atoms. The SMILES string of the molecule is Cc1ccc2oc(-c3ccccc3)c(-c3ccccc3)c2c1. The summed E-state index contributed by atoms with van der Waals surface area (Å²) in [6.45, 7) is 2.11. The average Bonchev–Trinajstić information content (AvgIpc) is 2.95. The van der Waals surface area contributed by atoms with Crippen molar-refractivity contribution in [3.05, 3.63) is 84.4 Å². The molecule has 0 spiro atoms. The van der Waals surface area contributed by atoms with E-state index in [0.717, 1.165) is 16.9 Å². The molecule has 0 unspecified atom stereocenters. The number of hydrogen-bond acceptors (Lipinski definition) is 1. The molecule has 1 heteroatoms. The maximum absolute atomic E-state index is 6.19.